The van der Waals surface area contributed by atoms with Gasteiger partial charge in [0.2, 0.25) is 5.82 Å². The van der Waals surface area contributed by atoms with Crippen molar-refractivity contribution in [2.45, 2.75) is 32.8 Å². The Labute approximate surface area is 164 Å². The minimum atomic E-state index is -3.40. The Balaban J connectivity index is 1.92. The van der Waals surface area contributed by atoms with Crippen molar-refractivity contribution < 1.29 is 18.3 Å². The SMILES string of the molecule is Cc1ncc(-c2nc(N)c3ncc(-c4cc(C(F)(F)C(C)O)ccc4C)n3n2)o1. The molecule has 150 valence electrons. The maximum Gasteiger partial charge on any atom is 0.298 e. The molecule has 0 spiro atoms. The zero-order valence-corrected chi connectivity index (χ0v) is 15.9. The van der Waals surface area contributed by atoms with Gasteiger partial charge < -0.3 is 15.3 Å². The van der Waals surface area contributed by atoms with E-state index >= 15 is 0 Å². The van der Waals surface area contributed by atoms with Crippen molar-refractivity contribution in [3.63, 3.8) is 0 Å². The lowest BCUT2D eigenvalue weighted by atomic mass is 9.97. The number of nitrogen functional groups attached to an aromatic ring is 1. The van der Waals surface area contributed by atoms with Gasteiger partial charge in [-0.25, -0.2) is 19.5 Å². The molecule has 0 amide bonds. The average Bonchev–Trinajstić information content (AvgIpc) is 3.28. The number of halogens is 2. The van der Waals surface area contributed by atoms with Gasteiger partial charge in [-0.2, -0.15) is 8.78 Å². The van der Waals surface area contributed by atoms with E-state index in [2.05, 4.69) is 20.1 Å². The zero-order valence-electron chi connectivity index (χ0n) is 15.9. The molecule has 3 N–H and O–H groups in total. The minimum absolute atomic E-state index is 0.110. The predicted octanol–water partition coefficient (Wildman–Crippen LogP) is 3.12. The summed E-state index contributed by atoms with van der Waals surface area (Å²) in [6.07, 6.45) is 1.13. The number of alkyl halides is 2. The largest absolute Gasteiger partial charge is 0.438 e. The molecular weight excluding hydrogens is 382 g/mol. The number of aliphatic hydroxyl groups is 1. The summed E-state index contributed by atoms with van der Waals surface area (Å²) in [4.78, 5) is 12.4. The van der Waals surface area contributed by atoms with Crippen LogP contribution in [0.25, 0.3) is 28.5 Å². The molecule has 0 saturated carbocycles. The molecule has 10 heteroatoms. The number of hydrogen-bond acceptors (Lipinski definition) is 7. The molecule has 0 aliphatic carbocycles. The summed E-state index contributed by atoms with van der Waals surface area (Å²) < 4.78 is 35.6. The van der Waals surface area contributed by atoms with Crippen molar-refractivity contribution in [1.29, 1.82) is 0 Å². The lowest BCUT2D eigenvalue weighted by Crippen LogP contribution is -2.28. The second kappa shape index (κ2) is 6.59. The molecule has 1 unspecified atom stereocenters. The first kappa shape index (κ1) is 18.9. The van der Waals surface area contributed by atoms with Crippen LogP contribution >= 0.6 is 0 Å². The van der Waals surface area contributed by atoms with E-state index in [9.17, 15) is 13.9 Å². The molecule has 1 aromatic carbocycles. The van der Waals surface area contributed by atoms with Crippen LogP contribution in [0, 0.1) is 13.8 Å². The van der Waals surface area contributed by atoms with E-state index in [0.717, 1.165) is 12.5 Å². The number of nitrogens with zero attached hydrogens (tertiary/aromatic N) is 5. The van der Waals surface area contributed by atoms with Gasteiger partial charge in [-0.05, 0) is 25.5 Å². The van der Waals surface area contributed by atoms with Crippen LogP contribution in [0.15, 0.2) is 35.0 Å². The molecule has 0 bridgehead atoms. The number of nitrogens with two attached hydrogens (primary N) is 1. The van der Waals surface area contributed by atoms with E-state index < -0.39 is 12.0 Å². The topological polar surface area (TPSA) is 115 Å². The summed E-state index contributed by atoms with van der Waals surface area (Å²) in [7, 11) is 0. The van der Waals surface area contributed by atoms with Crippen LogP contribution in [-0.4, -0.2) is 35.8 Å². The summed E-state index contributed by atoms with van der Waals surface area (Å²) in [6.45, 7) is 4.52. The number of oxazole rings is 1. The molecule has 1 atom stereocenters. The number of benzene rings is 1. The normalized spacial score (nSPS) is 13.2. The first-order valence-corrected chi connectivity index (χ1v) is 8.80. The number of fused-ring (bicyclic) bond motifs is 1. The van der Waals surface area contributed by atoms with Crippen molar-refractivity contribution in [2.24, 2.45) is 0 Å². The van der Waals surface area contributed by atoms with Gasteiger partial charge in [0.25, 0.3) is 5.92 Å². The quantitative estimate of drug-likeness (QED) is 0.541. The van der Waals surface area contributed by atoms with Crippen molar-refractivity contribution in [1.82, 2.24) is 24.6 Å². The third-order valence-corrected chi connectivity index (χ3v) is 4.65. The van der Waals surface area contributed by atoms with Crippen LogP contribution in [-0.2, 0) is 5.92 Å². The Kier molecular flexibility index (Phi) is 4.30. The van der Waals surface area contributed by atoms with Gasteiger partial charge in [0, 0.05) is 18.1 Å². The second-order valence-electron chi connectivity index (χ2n) is 6.77. The van der Waals surface area contributed by atoms with Gasteiger partial charge in [0.15, 0.2) is 23.1 Å². The van der Waals surface area contributed by atoms with E-state index in [1.165, 1.54) is 29.0 Å². The van der Waals surface area contributed by atoms with Crippen molar-refractivity contribution in [3.05, 3.63) is 47.6 Å². The molecule has 8 nitrogen and oxygen atoms in total. The fourth-order valence-electron chi connectivity index (χ4n) is 3.00. The number of aliphatic hydroxyl groups excluding tert-OH is 1. The molecule has 3 aromatic heterocycles. The number of rotatable bonds is 4. The summed E-state index contributed by atoms with van der Waals surface area (Å²) >= 11 is 0. The number of hydrogen-bond donors (Lipinski definition) is 2. The maximum atomic E-state index is 14.4. The molecule has 3 heterocycles. The highest BCUT2D eigenvalue weighted by Gasteiger charge is 2.37. The van der Waals surface area contributed by atoms with E-state index in [4.69, 9.17) is 10.2 Å². The van der Waals surface area contributed by atoms with E-state index in [-0.39, 0.29) is 22.9 Å². The van der Waals surface area contributed by atoms with Crippen LogP contribution in [0.2, 0.25) is 0 Å². The molecule has 0 saturated heterocycles. The Morgan fingerprint density at radius 1 is 1.21 bits per heavy atom. The number of aryl methyl sites for hydroxylation is 2. The average molecular weight is 400 g/mol. The fraction of sp³-hybridized carbons (Fsp3) is 0.263. The molecule has 0 aliphatic rings. The lowest BCUT2D eigenvalue weighted by Gasteiger charge is -2.21. The molecule has 29 heavy (non-hydrogen) atoms. The monoisotopic (exact) mass is 400 g/mol. The fourth-order valence-corrected chi connectivity index (χ4v) is 3.00. The van der Waals surface area contributed by atoms with Gasteiger partial charge in [-0.15, -0.1) is 5.10 Å². The molecule has 4 rings (SSSR count). The summed E-state index contributed by atoms with van der Waals surface area (Å²) in [5.41, 5.74) is 7.65. The van der Waals surface area contributed by atoms with Crippen LogP contribution in [0.5, 0.6) is 0 Å². The van der Waals surface area contributed by atoms with Crippen LogP contribution < -0.4 is 5.73 Å². The van der Waals surface area contributed by atoms with Crippen molar-refractivity contribution in [3.8, 4) is 22.8 Å². The van der Waals surface area contributed by atoms with Crippen LogP contribution in [0.1, 0.15) is 23.9 Å². The van der Waals surface area contributed by atoms with Crippen LogP contribution in [0.3, 0.4) is 0 Å². The molecular formula is C19H18F2N6O2. The minimum Gasteiger partial charge on any atom is -0.438 e. The highest BCUT2D eigenvalue weighted by Crippen LogP contribution is 2.36. The third-order valence-electron chi connectivity index (χ3n) is 4.65. The summed E-state index contributed by atoms with van der Waals surface area (Å²) in [5.74, 6) is -2.34. The Morgan fingerprint density at radius 2 is 1.97 bits per heavy atom. The number of imidazole rings is 1. The Morgan fingerprint density at radius 3 is 2.62 bits per heavy atom. The van der Waals surface area contributed by atoms with Crippen LogP contribution in [0.4, 0.5) is 14.6 Å². The van der Waals surface area contributed by atoms with E-state index in [0.29, 0.717) is 22.9 Å². The van der Waals surface area contributed by atoms with Gasteiger partial charge in [-0.3, -0.25) is 0 Å². The zero-order chi connectivity index (χ0) is 20.9. The predicted molar refractivity (Wildman–Crippen MR) is 101 cm³/mol. The standard InChI is InChI=1S/C19H18F2N6O2/c1-9-4-5-12(19(20,21)10(2)28)6-13(9)14-7-24-18-16(22)25-17(26-27(14)18)15-8-23-11(3)29-15/h4-8,10,28H,1-3H3,(H2,22,25,26). The van der Waals surface area contributed by atoms with Crippen molar-refractivity contribution in [2.75, 3.05) is 5.73 Å². The number of anilines is 1. The van der Waals surface area contributed by atoms with E-state index in [1.807, 2.05) is 0 Å². The Hall–Kier alpha value is -3.40. The van der Waals surface area contributed by atoms with Gasteiger partial charge in [0.1, 0.15) is 6.10 Å². The first-order valence-electron chi connectivity index (χ1n) is 8.80. The number of aromatic nitrogens is 5. The lowest BCUT2D eigenvalue weighted by molar-refractivity contribution is -0.106. The second-order valence-corrected chi connectivity index (χ2v) is 6.77. The smallest absolute Gasteiger partial charge is 0.298 e. The molecule has 4 aromatic rings. The van der Waals surface area contributed by atoms with E-state index in [1.54, 1.807) is 19.9 Å². The van der Waals surface area contributed by atoms with Gasteiger partial charge >= 0.3 is 0 Å². The third kappa shape index (κ3) is 3.11. The molecule has 0 fully saturated rings. The first-order chi connectivity index (χ1) is 13.7. The molecule has 0 radical (unpaired) electrons. The maximum absolute atomic E-state index is 14.4. The summed E-state index contributed by atoms with van der Waals surface area (Å²) in [6, 6.07) is 4.18. The summed E-state index contributed by atoms with van der Waals surface area (Å²) in [5, 5.41) is 13.9. The van der Waals surface area contributed by atoms with Gasteiger partial charge in [0.05, 0.1) is 18.1 Å². The van der Waals surface area contributed by atoms with Gasteiger partial charge in [-0.1, -0.05) is 12.1 Å². The highest BCUT2D eigenvalue weighted by molar-refractivity contribution is 5.72. The van der Waals surface area contributed by atoms with Crippen molar-refractivity contribution >= 4 is 11.5 Å². The highest BCUT2D eigenvalue weighted by atomic mass is 19.3. The molecule has 0 aliphatic heterocycles. The Bertz CT molecular complexity index is 1210.